The van der Waals surface area contributed by atoms with Gasteiger partial charge in [-0.05, 0) is 31.5 Å². The summed E-state index contributed by atoms with van der Waals surface area (Å²) in [5, 5.41) is 2.11. The summed E-state index contributed by atoms with van der Waals surface area (Å²) in [4.78, 5) is 14.2. The molecule has 3 rings (SSSR count). The van der Waals surface area contributed by atoms with Gasteiger partial charge in [-0.25, -0.2) is 0 Å². The van der Waals surface area contributed by atoms with Crippen LogP contribution in [0.2, 0.25) is 0 Å². The van der Waals surface area contributed by atoms with Gasteiger partial charge >= 0.3 is 5.97 Å². The molecule has 1 unspecified atom stereocenters. The molecule has 0 saturated heterocycles. The Kier molecular flexibility index (Phi) is 5.65. The van der Waals surface area contributed by atoms with Gasteiger partial charge in [-0.15, -0.1) is 0 Å². The Balaban J connectivity index is 2.05. The lowest BCUT2D eigenvalue weighted by Gasteiger charge is -2.32. The number of carbonyl (C=O) groups is 1. The van der Waals surface area contributed by atoms with Crippen LogP contribution in [0.3, 0.4) is 0 Å². The van der Waals surface area contributed by atoms with Crippen molar-refractivity contribution in [2.75, 3.05) is 17.7 Å². The molecule has 0 amide bonds. The Morgan fingerprint density at radius 1 is 1.04 bits per heavy atom. The Morgan fingerprint density at radius 3 is 2.37 bits per heavy atom. The highest BCUT2D eigenvalue weighted by molar-refractivity contribution is 6.01. The Morgan fingerprint density at radius 2 is 1.70 bits per heavy atom. The molecular weight excluding hydrogens is 336 g/mol. The van der Waals surface area contributed by atoms with Crippen molar-refractivity contribution in [3.63, 3.8) is 0 Å². The fourth-order valence-electron chi connectivity index (χ4n) is 3.36. The van der Waals surface area contributed by atoms with Gasteiger partial charge in [0.1, 0.15) is 0 Å². The second kappa shape index (κ2) is 8.12. The van der Waals surface area contributed by atoms with Crippen LogP contribution < -0.4 is 10.6 Å². The van der Waals surface area contributed by atoms with Crippen molar-refractivity contribution < 1.29 is 9.53 Å². The Hall–Kier alpha value is -3.01. The smallest absolute Gasteiger partial charge is 0.307 e. The first kappa shape index (κ1) is 18.8. The van der Waals surface area contributed by atoms with Gasteiger partial charge in [0.25, 0.3) is 0 Å². The van der Waals surface area contributed by atoms with Gasteiger partial charge in [0.15, 0.2) is 0 Å². The van der Waals surface area contributed by atoms with Crippen LogP contribution in [-0.2, 0) is 16.1 Å². The molecule has 0 aliphatic carbocycles. The zero-order valence-corrected chi connectivity index (χ0v) is 16.1. The Labute approximate surface area is 160 Å². The molecule has 0 aliphatic heterocycles. The zero-order valence-electron chi connectivity index (χ0n) is 16.1. The zero-order chi connectivity index (χ0) is 19.4. The highest BCUT2D eigenvalue weighted by Gasteiger charge is 2.21. The fourth-order valence-corrected chi connectivity index (χ4v) is 3.36. The van der Waals surface area contributed by atoms with Gasteiger partial charge in [0.2, 0.25) is 0 Å². The molecule has 3 aromatic rings. The predicted molar refractivity (Wildman–Crippen MR) is 112 cm³/mol. The standard InChI is InChI=1S/C23H26N2O2/c1-16-8-10-18(11-9-16)15-25(17(2)14-23(26)27-3)22-13-12-21(24)19-6-4-5-7-20(19)22/h4-13,17H,14-15,24H2,1-3H3. The van der Waals surface area contributed by atoms with Gasteiger partial charge in [-0.2, -0.15) is 0 Å². The summed E-state index contributed by atoms with van der Waals surface area (Å²) in [7, 11) is 1.43. The molecule has 140 valence electrons. The molecule has 0 spiro atoms. The maximum absolute atomic E-state index is 11.9. The molecule has 0 saturated carbocycles. The maximum atomic E-state index is 11.9. The second-order valence-corrected chi connectivity index (χ2v) is 6.96. The number of rotatable bonds is 6. The second-order valence-electron chi connectivity index (χ2n) is 6.96. The summed E-state index contributed by atoms with van der Waals surface area (Å²) in [6.45, 7) is 4.83. The number of benzene rings is 3. The molecule has 3 aromatic carbocycles. The highest BCUT2D eigenvalue weighted by atomic mass is 16.5. The van der Waals surface area contributed by atoms with E-state index in [-0.39, 0.29) is 12.0 Å². The Bertz CT molecular complexity index is 935. The van der Waals surface area contributed by atoms with E-state index >= 15 is 0 Å². The first-order valence-corrected chi connectivity index (χ1v) is 9.16. The number of aryl methyl sites for hydroxylation is 1. The van der Waals surface area contributed by atoms with Crippen LogP contribution in [0.5, 0.6) is 0 Å². The van der Waals surface area contributed by atoms with Crippen molar-refractivity contribution in [2.45, 2.75) is 32.9 Å². The number of fused-ring (bicyclic) bond motifs is 1. The van der Waals surface area contributed by atoms with Crippen LogP contribution in [0.15, 0.2) is 60.7 Å². The van der Waals surface area contributed by atoms with Crippen LogP contribution >= 0.6 is 0 Å². The van der Waals surface area contributed by atoms with E-state index in [0.29, 0.717) is 13.0 Å². The third kappa shape index (κ3) is 4.22. The predicted octanol–water partition coefficient (Wildman–Crippen LogP) is 4.69. The lowest BCUT2D eigenvalue weighted by molar-refractivity contribution is -0.140. The lowest BCUT2D eigenvalue weighted by atomic mass is 10.0. The van der Waals surface area contributed by atoms with Gasteiger partial charge in [-0.1, -0.05) is 54.1 Å². The number of hydrogen-bond donors (Lipinski definition) is 1. The van der Waals surface area contributed by atoms with Crippen LogP contribution in [0.25, 0.3) is 10.8 Å². The van der Waals surface area contributed by atoms with Crippen molar-refractivity contribution in [3.8, 4) is 0 Å². The van der Waals surface area contributed by atoms with Crippen LogP contribution in [0.1, 0.15) is 24.5 Å². The quantitative estimate of drug-likeness (QED) is 0.511. The normalized spacial score (nSPS) is 12.0. The molecule has 0 bridgehead atoms. The minimum atomic E-state index is -0.212. The van der Waals surface area contributed by atoms with E-state index in [1.165, 1.54) is 18.2 Å². The average Bonchev–Trinajstić information content (AvgIpc) is 2.68. The van der Waals surface area contributed by atoms with E-state index in [1.54, 1.807) is 0 Å². The van der Waals surface area contributed by atoms with Crippen molar-refractivity contribution >= 4 is 28.1 Å². The molecule has 0 heterocycles. The van der Waals surface area contributed by atoms with Crippen molar-refractivity contribution in [1.82, 2.24) is 0 Å². The summed E-state index contributed by atoms with van der Waals surface area (Å²) < 4.78 is 4.89. The number of nitrogens with zero attached hydrogens (tertiary/aromatic N) is 1. The lowest BCUT2D eigenvalue weighted by Crippen LogP contribution is -2.34. The molecule has 4 heteroatoms. The summed E-state index contributed by atoms with van der Waals surface area (Å²) in [5.41, 5.74) is 10.4. The number of esters is 1. The van der Waals surface area contributed by atoms with Gasteiger partial charge in [0, 0.05) is 34.7 Å². The van der Waals surface area contributed by atoms with E-state index in [1.807, 2.05) is 30.3 Å². The molecule has 0 aliphatic rings. The topological polar surface area (TPSA) is 55.6 Å². The number of ether oxygens (including phenoxy) is 1. The monoisotopic (exact) mass is 362 g/mol. The summed E-state index contributed by atoms with van der Waals surface area (Å²) in [6, 6.07) is 20.6. The van der Waals surface area contributed by atoms with E-state index in [4.69, 9.17) is 10.5 Å². The molecule has 0 fully saturated rings. The van der Waals surface area contributed by atoms with Gasteiger partial charge in [0.05, 0.1) is 13.5 Å². The van der Waals surface area contributed by atoms with Crippen LogP contribution in [0.4, 0.5) is 11.4 Å². The first-order chi connectivity index (χ1) is 13.0. The molecule has 1 atom stereocenters. The van der Waals surface area contributed by atoms with Crippen molar-refractivity contribution in [1.29, 1.82) is 0 Å². The van der Waals surface area contributed by atoms with E-state index in [9.17, 15) is 4.79 Å². The third-order valence-electron chi connectivity index (χ3n) is 4.94. The number of nitrogens with two attached hydrogens (primary N) is 1. The minimum Gasteiger partial charge on any atom is -0.469 e. The number of nitrogen functional groups attached to an aromatic ring is 1. The SMILES string of the molecule is COC(=O)CC(C)N(Cc1ccc(C)cc1)c1ccc(N)c2ccccc12. The minimum absolute atomic E-state index is 0.0224. The number of carbonyl (C=O) groups excluding carboxylic acids is 1. The third-order valence-corrected chi connectivity index (χ3v) is 4.94. The van der Waals surface area contributed by atoms with E-state index in [0.717, 1.165) is 22.1 Å². The molecule has 0 radical (unpaired) electrons. The van der Waals surface area contributed by atoms with Crippen molar-refractivity contribution in [3.05, 3.63) is 71.8 Å². The summed E-state index contributed by atoms with van der Waals surface area (Å²) >= 11 is 0. The molecule has 0 aromatic heterocycles. The number of hydrogen-bond acceptors (Lipinski definition) is 4. The number of anilines is 2. The summed E-state index contributed by atoms with van der Waals surface area (Å²) in [6.07, 6.45) is 0.321. The largest absolute Gasteiger partial charge is 0.469 e. The van der Waals surface area contributed by atoms with E-state index < -0.39 is 0 Å². The fraction of sp³-hybridized carbons (Fsp3) is 0.261. The molecular formula is C23H26N2O2. The van der Waals surface area contributed by atoms with Gasteiger partial charge < -0.3 is 15.4 Å². The van der Waals surface area contributed by atoms with Gasteiger partial charge in [-0.3, -0.25) is 4.79 Å². The van der Waals surface area contributed by atoms with E-state index in [2.05, 4.69) is 49.1 Å². The first-order valence-electron chi connectivity index (χ1n) is 9.16. The molecule has 2 N–H and O–H groups in total. The molecule has 27 heavy (non-hydrogen) atoms. The van der Waals surface area contributed by atoms with Crippen LogP contribution in [0, 0.1) is 6.92 Å². The summed E-state index contributed by atoms with van der Waals surface area (Å²) in [5.74, 6) is -0.212. The highest BCUT2D eigenvalue weighted by Crippen LogP contribution is 2.33. The van der Waals surface area contributed by atoms with Crippen molar-refractivity contribution in [2.24, 2.45) is 0 Å². The van der Waals surface area contributed by atoms with Crippen LogP contribution in [-0.4, -0.2) is 19.1 Å². The average molecular weight is 362 g/mol. The number of methoxy groups -OCH3 is 1. The molecule has 4 nitrogen and oxygen atoms in total. The maximum Gasteiger partial charge on any atom is 0.307 e.